The van der Waals surface area contributed by atoms with E-state index >= 15 is 0 Å². The molecule has 0 saturated carbocycles. The van der Waals surface area contributed by atoms with Crippen LogP contribution in [0.15, 0.2) is 54.9 Å². The first-order valence-electron chi connectivity index (χ1n) is 10.4. The minimum absolute atomic E-state index is 0.333. The average Bonchev–Trinajstić information content (AvgIpc) is 3.34. The molecule has 1 amide bonds. The molecule has 0 saturated heterocycles. The van der Waals surface area contributed by atoms with Crippen LogP contribution in [0, 0.1) is 0 Å². The van der Waals surface area contributed by atoms with Crippen LogP contribution in [-0.2, 0) is 9.59 Å². The first-order valence-corrected chi connectivity index (χ1v) is 10.8. The van der Waals surface area contributed by atoms with E-state index in [0.29, 0.717) is 28.6 Å². The second-order valence-electron chi connectivity index (χ2n) is 7.67. The molecular formula is C23H25ClF3N5O4. The van der Waals surface area contributed by atoms with Gasteiger partial charge in [-0.25, -0.2) is 4.79 Å². The first-order chi connectivity index (χ1) is 16.9. The van der Waals surface area contributed by atoms with Gasteiger partial charge in [0.2, 0.25) is 5.91 Å². The Kier molecular flexibility index (Phi) is 10.3. The molecule has 36 heavy (non-hydrogen) atoms. The molecule has 194 valence electrons. The molecule has 1 aromatic heterocycles. The molecular weight excluding hydrogens is 503 g/mol. The maximum atomic E-state index is 12.7. The number of hydrogen-bond donors (Lipinski definition) is 4. The van der Waals surface area contributed by atoms with Crippen LogP contribution < -0.4 is 15.8 Å². The average molecular weight is 528 g/mol. The van der Waals surface area contributed by atoms with Gasteiger partial charge >= 0.3 is 12.1 Å². The molecule has 0 spiro atoms. The van der Waals surface area contributed by atoms with Gasteiger partial charge in [0.05, 0.1) is 11.9 Å². The van der Waals surface area contributed by atoms with Crippen molar-refractivity contribution < 1.29 is 32.6 Å². The van der Waals surface area contributed by atoms with E-state index in [-0.39, 0.29) is 5.91 Å². The molecule has 0 radical (unpaired) electrons. The number of aromatic nitrogens is 2. The zero-order valence-electron chi connectivity index (χ0n) is 19.3. The number of aliphatic carboxylic acids is 1. The molecule has 0 fully saturated rings. The fourth-order valence-electron chi connectivity index (χ4n) is 2.70. The van der Waals surface area contributed by atoms with Gasteiger partial charge in [0.1, 0.15) is 18.4 Å². The number of aromatic amines is 1. The molecule has 1 unspecified atom stereocenters. The van der Waals surface area contributed by atoms with Crippen LogP contribution in [0.3, 0.4) is 0 Å². The van der Waals surface area contributed by atoms with Crippen molar-refractivity contribution in [3.63, 3.8) is 0 Å². The number of carboxylic acids is 1. The van der Waals surface area contributed by atoms with Gasteiger partial charge in [-0.2, -0.15) is 18.3 Å². The molecule has 3 aromatic rings. The highest BCUT2D eigenvalue weighted by atomic mass is 35.5. The Hall–Kier alpha value is -3.61. The molecule has 13 heteroatoms. The number of nitrogens with zero attached hydrogens (tertiary/aromatic N) is 2. The zero-order chi connectivity index (χ0) is 26.9. The lowest BCUT2D eigenvalue weighted by Crippen LogP contribution is -2.28. The highest BCUT2D eigenvalue weighted by molar-refractivity contribution is 6.30. The monoisotopic (exact) mass is 527 g/mol. The number of H-pyrrole nitrogens is 1. The van der Waals surface area contributed by atoms with Crippen LogP contribution >= 0.6 is 11.6 Å². The second kappa shape index (κ2) is 12.9. The number of carbonyl (C=O) groups is 2. The number of nitrogens with one attached hydrogen (secondary N) is 2. The lowest BCUT2D eigenvalue weighted by Gasteiger charge is -2.17. The van der Waals surface area contributed by atoms with Gasteiger partial charge in [-0.05, 0) is 49.5 Å². The molecule has 2 aromatic carbocycles. The lowest BCUT2D eigenvalue weighted by atomic mass is 10.1. The normalized spacial score (nSPS) is 11.9. The molecule has 3 rings (SSSR count). The van der Waals surface area contributed by atoms with Gasteiger partial charge in [0.15, 0.2) is 0 Å². The molecule has 0 aliphatic heterocycles. The smallest absolute Gasteiger partial charge is 0.490 e. The van der Waals surface area contributed by atoms with Crippen molar-refractivity contribution in [1.29, 1.82) is 0 Å². The number of amides is 1. The van der Waals surface area contributed by atoms with Gasteiger partial charge in [0, 0.05) is 23.3 Å². The maximum Gasteiger partial charge on any atom is 0.490 e. The van der Waals surface area contributed by atoms with Crippen molar-refractivity contribution in [3.05, 3.63) is 65.4 Å². The van der Waals surface area contributed by atoms with Gasteiger partial charge in [-0.3, -0.25) is 9.89 Å². The lowest BCUT2D eigenvalue weighted by molar-refractivity contribution is -0.192. The largest absolute Gasteiger partial charge is 0.490 e. The summed E-state index contributed by atoms with van der Waals surface area (Å²) >= 11 is 5.91. The van der Waals surface area contributed by atoms with Crippen molar-refractivity contribution in [3.8, 4) is 16.9 Å². The third-order valence-corrected chi connectivity index (χ3v) is 4.87. The first kappa shape index (κ1) is 28.6. The third kappa shape index (κ3) is 8.87. The summed E-state index contributed by atoms with van der Waals surface area (Å²) in [6.45, 7) is 1.22. The number of likely N-dealkylation sites (N-methyl/N-ethyl adjacent to an activating group) is 1. The number of anilines is 1. The number of nitrogens with two attached hydrogens (primary N) is 1. The Morgan fingerprint density at radius 1 is 1.19 bits per heavy atom. The highest BCUT2D eigenvalue weighted by Gasteiger charge is 2.38. The number of carboxylic acid groups (broad SMARTS) is 1. The van der Waals surface area contributed by atoms with Crippen LogP contribution in [0.1, 0.15) is 11.6 Å². The summed E-state index contributed by atoms with van der Waals surface area (Å²) in [7, 11) is 3.94. The van der Waals surface area contributed by atoms with Crippen molar-refractivity contribution in [1.82, 2.24) is 15.1 Å². The van der Waals surface area contributed by atoms with Crippen LogP contribution in [0.2, 0.25) is 5.02 Å². The van der Waals surface area contributed by atoms with Gasteiger partial charge in [-0.15, -0.1) is 0 Å². The standard InChI is InChI=1S/C21H24ClN5O2.C2HF3O2/c1-27(2)9-10-29-19-11-15(16-12-24-25-13-16)5-8-18(19)26-21(28)20(23)14-3-6-17(22)7-4-14;3-2(4,5)1(6)7/h3-8,11-13,20H,9-10,23H2,1-2H3,(H,24,25)(H,26,28);(H,6,7). The van der Waals surface area contributed by atoms with E-state index in [1.54, 1.807) is 42.7 Å². The summed E-state index contributed by atoms with van der Waals surface area (Å²) in [4.78, 5) is 23.6. The van der Waals surface area contributed by atoms with E-state index in [1.165, 1.54) is 0 Å². The van der Waals surface area contributed by atoms with Crippen LogP contribution in [0.25, 0.3) is 11.1 Å². The topological polar surface area (TPSA) is 134 Å². The van der Waals surface area contributed by atoms with Crippen molar-refractivity contribution in [2.75, 3.05) is 32.6 Å². The Morgan fingerprint density at radius 3 is 2.36 bits per heavy atom. The van der Waals surface area contributed by atoms with E-state index in [9.17, 15) is 18.0 Å². The molecule has 0 aliphatic carbocycles. The van der Waals surface area contributed by atoms with Crippen LogP contribution in [-0.4, -0.2) is 65.5 Å². The number of carbonyl (C=O) groups excluding carboxylic acids is 1. The molecule has 0 bridgehead atoms. The third-order valence-electron chi connectivity index (χ3n) is 4.62. The van der Waals surface area contributed by atoms with E-state index in [4.69, 9.17) is 32.0 Å². The summed E-state index contributed by atoms with van der Waals surface area (Å²) in [5, 5.41) is 17.4. The van der Waals surface area contributed by atoms with E-state index in [2.05, 4.69) is 15.5 Å². The van der Waals surface area contributed by atoms with E-state index in [1.807, 2.05) is 31.1 Å². The summed E-state index contributed by atoms with van der Waals surface area (Å²) < 4.78 is 37.7. The predicted octanol–water partition coefficient (Wildman–Crippen LogP) is 3.94. The fourth-order valence-corrected chi connectivity index (χ4v) is 2.83. The van der Waals surface area contributed by atoms with Gasteiger partial charge in [-0.1, -0.05) is 29.8 Å². The Labute approximate surface area is 210 Å². The number of halogens is 4. The number of hydrogen-bond acceptors (Lipinski definition) is 6. The minimum Gasteiger partial charge on any atom is -0.490 e. The molecule has 1 atom stereocenters. The Balaban J connectivity index is 0.000000572. The zero-order valence-corrected chi connectivity index (χ0v) is 20.1. The summed E-state index contributed by atoms with van der Waals surface area (Å²) in [6.07, 6.45) is -1.55. The summed E-state index contributed by atoms with van der Waals surface area (Å²) in [6, 6.07) is 11.7. The van der Waals surface area contributed by atoms with E-state index < -0.39 is 18.2 Å². The second-order valence-corrected chi connectivity index (χ2v) is 8.11. The highest BCUT2D eigenvalue weighted by Crippen LogP contribution is 2.31. The fraction of sp³-hybridized carbons (Fsp3) is 0.261. The van der Waals surface area contributed by atoms with Crippen LogP contribution in [0.4, 0.5) is 18.9 Å². The van der Waals surface area contributed by atoms with Crippen LogP contribution in [0.5, 0.6) is 5.75 Å². The number of alkyl halides is 3. The Morgan fingerprint density at radius 2 is 1.83 bits per heavy atom. The van der Waals surface area contributed by atoms with Gasteiger partial charge < -0.3 is 25.8 Å². The number of benzene rings is 2. The van der Waals surface area contributed by atoms with Crippen molar-refractivity contribution in [2.45, 2.75) is 12.2 Å². The molecule has 5 N–H and O–H groups in total. The summed E-state index contributed by atoms with van der Waals surface area (Å²) in [5.41, 5.74) is 9.21. The number of ether oxygens (including phenoxy) is 1. The van der Waals surface area contributed by atoms with Gasteiger partial charge in [0.25, 0.3) is 0 Å². The quantitative estimate of drug-likeness (QED) is 0.348. The SMILES string of the molecule is CN(C)CCOc1cc(-c2cn[nH]c2)ccc1NC(=O)C(N)c1ccc(Cl)cc1.O=C(O)C(F)(F)F. The summed E-state index contributed by atoms with van der Waals surface area (Å²) in [5.74, 6) is -2.52. The Bertz CT molecular complexity index is 1140. The number of rotatable bonds is 8. The molecule has 9 nitrogen and oxygen atoms in total. The molecule has 0 aliphatic rings. The minimum atomic E-state index is -5.08. The van der Waals surface area contributed by atoms with E-state index in [0.717, 1.165) is 17.7 Å². The predicted molar refractivity (Wildman–Crippen MR) is 129 cm³/mol. The van der Waals surface area contributed by atoms with Crippen molar-refractivity contribution >= 4 is 29.2 Å². The molecule has 1 heterocycles. The van der Waals surface area contributed by atoms with Crippen molar-refractivity contribution in [2.24, 2.45) is 5.73 Å². The maximum absolute atomic E-state index is 12.7.